The predicted molar refractivity (Wildman–Crippen MR) is 74.1 cm³/mol. The highest BCUT2D eigenvalue weighted by atomic mass is 16.6. The summed E-state index contributed by atoms with van der Waals surface area (Å²) in [4.78, 5) is 10.9. The van der Waals surface area contributed by atoms with E-state index in [2.05, 4.69) is 11.8 Å². The van der Waals surface area contributed by atoms with E-state index in [4.69, 9.17) is 14.2 Å². The number of hydrogen-bond acceptors (Lipinski definition) is 4. The van der Waals surface area contributed by atoms with E-state index >= 15 is 0 Å². The van der Waals surface area contributed by atoms with Gasteiger partial charge in [0.25, 0.3) is 0 Å². The zero-order valence-corrected chi connectivity index (χ0v) is 11.7. The van der Waals surface area contributed by atoms with Gasteiger partial charge in [0.2, 0.25) is 0 Å². The molecule has 4 heteroatoms. The Balaban J connectivity index is 1.62. The molecule has 20 heavy (non-hydrogen) atoms. The number of hydrogen-bond donors (Lipinski definition) is 0. The van der Waals surface area contributed by atoms with Gasteiger partial charge in [-0.3, -0.25) is 4.79 Å². The second-order valence-electron chi connectivity index (χ2n) is 4.62. The van der Waals surface area contributed by atoms with Gasteiger partial charge in [-0.15, -0.1) is 0 Å². The maximum absolute atomic E-state index is 10.9. The lowest BCUT2D eigenvalue weighted by atomic mass is 10.00. The zero-order valence-electron chi connectivity index (χ0n) is 11.7. The van der Waals surface area contributed by atoms with Gasteiger partial charge in [0.1, 0.15) is 11.7 Å². The molecule has 2 rings (SSSR count). The summed E-state index contributed by atoms with van der Waals surface area (Å²) in [6.45, 7) is 2.94. The molecule has 0 bridgehead atoms. The van der Waals surface area contributed by atoms with Crippen LogP contribution in [0.2, 0.25) is 0 Å². The highest BCUT2D eigenvalue weighted by Gasteiger charge is 2.36. The maximum Gasteiger partial charge on any atom is 0.314 e. The van der Waals surface area contributed by atoms with Crippen LogP contribution in [-0.4, -0.2) is 25.8 Å². The van der Waals surface area contributed by atoms with Gasteiger partial charge in [-0.05, 0) is 24.6 Å². The Hall–Kier alpha value is -1.99. The molecule has 0 unspecified atom stereocenters. The number of methoxy groups -OCH3 is 1. The third kappa shape index (κ3) is 3.75. The van der Waals surface area contributed by atoms with Crippen LogP contribution in [0.5, 0.6) is 5.75 Å². The third-order valence-corrected chi connectivity index (χ3v) is 3.11. The number of rotatable bonds is 5. The van der Waals surface area contributed by atoms with Gasteiger partial charge in [-0.1, -0.05) is 24.0 Å². The van der Waals surface area contributed by atoms with Crippen molar-refractivity contribution in [2.24, 2.45) is 5.92 Å². The van der Waals surface area contributed by atoms with E-state index in [1.54, 1.807) is 7.11 Å². The number of benzene rings is 1. The van der Waals surface area contributed by atoms with Crippen molar-refractivity contribution < 1.29 is 19.0 Å². The minimum Gasteiger partial charge on any atom is -0.497 e. The molecule has 4 nitrogen and oxygen atoms in total. The van der Waals surface area contributed by atoms with Crippen LogP contribution in [0, 0.1) is 17.8 Å². The van der Waals surface area contributed by atoms with Crippen LogP contribution in [-0.2, 0) is 20.9 Å². The summed E-state index contributed by atoms with van der Waals surface area (Å²) in [6, 6.07) is 7.76. The van der Waals surface area contributed by atoms with Crippen molar-refractivity contribution in [2.75, 3.05) is 13.7 Å². The second-order valence-corrected chi connectivity index (χ2v) is 4.62. The van der Waals surface area contributed by atoms with Gasteiger partial charge in [0.05, 0.1) is 20.3 Å². The molecule has 2 atom stereocenters. The van der Waals surface area contributed by atoms with Gasteiger partial charge in [-0.2, -0.15) is 0 Å². The standard InChI is InChI=1S/C16H18O4/c1-12-15(20-16(12)17)5-3-4-10-19-11-13-6-8-14(18-2)9-7-13/h6-9,12,15H,4,10-11H2,1-2H3/t12-,15+/m1/s1. The summed E-state index contributed by atoms with van der Waals surface area (Å²) < 4.78 is 15.5. The van der Waals surface area contributed by atoms with E-state index in [9.17, 15) is 4.79 Å². The van der Waals surface area contributed by atoms with Crippen molar-refractivity contribution in [2.45, 2.75) is 26.1 Å². The Labute approximate surface area is 119 Å². The fourth-order valence-corrected chi connectivity index (χ4v) is 1.75. The summed E-state index contributed by atoms with van der Waals surface area (Å²) in [6.07, 6.45) is 0.404. The largest absolute Gasteiger partial charge is 0.497 e. The second kappa shape index (κ2) is 6.97. The summed E-state index contributed by atoms with van der Waals surface area (Å²) in [5.74, 6) is 6.47. The van der Waals surface area contributed by atoms with Crippen molar-refractivity contribution in [1.82, 2.24) is 0 Å². The van der Waals surface area contributed by atoms with Gasteiger partial charge in [0, 0.05) is 6.42 Å². The van der Waals surface area contributed by atoms with Gasteiger partial charge >= 0.3 is 5.97 Å². The molecule has 1 aromatic rings. The first-order valence-corrected chi connectivity index (χ1v) is 6.60. The Morgan fingerprint density at radius 2 is 2.05 bits per heavy atom. The number of ether oxygens (including phenoxy) is 3. The molecule has 0 N–H and O–H groups in total. The highest BCUT2D eigenvalue weighted by Crippen LogP contribution is 2.20. The SMILES string of the molecule is COc1ccc(COCCC#C[C@@H]2OC(=O)[C@@H]2C)cc1. The highest BCUT2D eigenvalue weighted by molar-refractivity contribution is 5.79. The van der Waals surface area contributed by atoms with E-state index < -0.39 is 0 Å². The summed E-state index contributed by atoms with van der Waals surface area (Å²) in [5.41, 5.74) is 1.10. The molecule has 0 aliphatic carbocycles. The first-order chi connectivity index (χ1) is 9.70. The molecule has 0 spiro atoms. The van der Waals surface area contributed by atoms with E-state index in [1.165, 1.54) is 0 Å². The van der Waals surface area contributed by atoms with Gasteiger partial charge in [0.15, 0.2) is 6.10 Å². The molecule has 1 saturated heterocycles. The Kier molecular flexibility index (Phi) is 5.03. The fourth-order valence-electron chi connectivity index (χ4n) is 1.75. The van der Waals surface area contributed by atoms with Crippen molar-refractivity contribution in [3.63, 3.8) is 0 Å². The van der Waals surface area contributed by atoms with E-state index in [0.29, 0.717) is 19.6 Å². The lowest BCUT2D eigenvalue weighted by Crippen LogP contribution is -2.42. The van der Waals surface area contributed by atoms with E-state index in [-0.39, 0.29) is 18.0 Å². The third-order valence-electron chi connectivity index (χ3n) is 3.11. The Morgan fingerprint density at radius 1 is 1.30 bits per heavy atom. The normalized spacial score (nSPS) is 20.4. The van der Waals surface area contributed by atoms with Crippen LogP contribution in [0.15, 0.2) is 24.3 Å². The number of carbonyl (C=O) groups excluding carboxylic acids is 1. The number of esters is 1. The van der Waals surface area contributed by atoms with Crippen molar-refractivity contribution in [1.29, 1.82) is 0 Å². The minimum absolute atomic E-state index is 0.0947. The van der Waals surface area contributed by atoms with Crippen LogP contribution in [0.3, 0.4) is 0 Å². The van der Waals surface area contributed by atoms with E-state index in [0.717, 1.165) is 11.3 Å². The topological polar surface area (TPSA) is 44.8 Å². The van der Waals surface area contributed by atoms with Crippen molar-refractivity contribution in [3.05, 3.63) is 29.8 Å². The number of cyclic esters (lactones) is 1. The van der Waals surface area contributed by atoms with Crippen molar-refractivity contribution >= 4 is 5.97 Å². The van der Waals surface area contributed by atoms with Gasteiger partial charge in [-0.25, -0.2) is 0 Å². The van der Waals surface area contributed by atoms with Crippen molar-refractivity contribution in [3.8, 4) is 17.6 Å². The van der Waals surface area contributed by atoms with E-state index in [1.807, 2.05) is 31.2 Å². The first-order valence-electron chi connectivity index (χ1n) is 6.60. The molecule has 0 amide bonds. The first kappa shape index (κ1) is 14.4. The van der Waals surface area contributed by atoms with Crippen LogP contribution < -0.4 is 4.74 Å². The molecular weight excluding hydrogens is 256 g/mol. The molecule has 1 aliphatic heterocycles. The van der Waals surface area contributed by atoms with Crippen LogP contribution in [0.1, 0.15) is 18.9 Å². The Bertz CT molecular complexity index is 510. The van der Waals surface area contributed by atoms with Crippen LogP contribution in [0.25, 0.3) is 0 Å². The molecular formula is C16H18O4. The smallest absolute Gasteiger partial charge is 0.314 e. The number of carbonyl (C=O) groups is 1. The monoisotopic (exact) mass is 274 g/mol. The lowest BCUT2D eigenvalue weighted by Gasteiger charge is -2.27. The average Bonchev–Trinajstić information content (AvgIpc) is 2.49. The molecule has 0 radical (unpaired) electrons. The molecule has 1 heterocycles. The van der Waals surface area contributed by atoms with Crippen LogP contribution >= 0.6 is 0 Å². The average molecular weight is 274 g/mol. The lowest BCUT2D eigenvalue weighted by molar-refractivity contribution is -0.175. The quantitative estimate of drug-likeness (QED) is 0.469. The molecule has 106 valence electrons. The maximum atomic E-state index is 10.9. The molecule has 1 aromatic carbocycles. The summed E-state index contributed by atoms with van der Waals surface area (Å²) in [7, 11) is 1.64. The molecule has 0 aromatic heterocycles. The minimum atomic E-state index is -0.232. The fraction of sp³-hybridized carbons (Fsp3) is 0.438. The van der Waals surface area contributed by atoms with Crippen LogP contribution in [0.4, 0.5) is 0 Å². The predicted octanol–water partition coefficient (Wildman–Crippen LogP) is 2.17. The molecule has 1 aliphatic rings. The summed E-state index contributed by atoms with van der Waals surface area (Å²) in [5, 5.41) is 0. The summed E-state index contributed by atoms with van der Waals surface area (Å²) >= 11 is 0. The van der Waals surface area contributed by atoms with Gasteiger partial charge < -0.3 is 14.2 Å². The Morgan fingerprint density at radius 3 is 2.65 bits per heavy atom. The molecule has 0 saturated carbocycles. The zero-order chi connectivity index (χ0) is 14.4. The molecule has 1 fully saturated rings.